The van der Waals surface area contributed by atoms with Gasteiger partial charge in [-0.15, -0.1) is 5.54 Å². The molecule has 10 heavy (non-hydrogen) atoms. The summed E-state index contributed by atoms with van der Waals surface area (Å²) < 4.78 is 0. The second-order valence-electron chi connectivity index (χ2n) is 2.91. The summed E-state index contributed by atoms with van der Waals surface area (Å²) in [6.45, 7) is 10.9. The van der Waals surface area contributed by atoms with E-state index in [0.717, 1.165) is 13.0 Å². The van der Waals surface area contributed by atoms with Crippen LogP contribution in [0.3, 0.4) is 0 Å². The molecule has 0 rings (SSSR count). The van der Waals surface area contributed by atoms with Gasteiger partial charge in [0, 0.05) is 41.1 Å². The monoisotopic (exact) mass is 213 g/mol. The first kappa shape index (κ1) is 17.3. The third kappa shape index (κ3) is 16.1. The second-order valence-corrected chi connectivity index (χ2v) is 2.91. The van der Waals surface area contributed by atoms with E-state index >= 15 is 0 Å². The van der Waals surface area contributed by atoms with E-state index in [0.29, 0.717) is 0 Å². The van der Waals surface area contributed by atoms with E-state index < -0.39 is 0 Å². The quantitative estimate of drug-likeness (QED) is 0.491. The van der Waals surface area contributed by atoms with Crippen LogP contribution in [0.4, 0.5) is 0 Å². The zero-order valence-corrected chi connectivity index (χ0v) is 10.1. The molecule has 0 bridgehead atoms. The number of rotatable bonds is 2. The molecule has 0 aliphatic carbocycles. The topological polar surface area (TPSA) is 14.1 Å². The fourth-order valence-corrected chi connectivity index (χ4v) is 0.414. The summed E-state index contributed by atoms with van der Waals surface area (Å²) in [6.07, 6.45) is 0.914. The first-order valence-electron chi connectivity index (χ1n) is 3.04. The second kappa shape index (κ2) is 8.23. The number of nitrogens with zero attached hydrogens (tertiary/aromatic N) is 1. The number of hydrogen-bond acceptors (Lipinski definition) is 0. The molecule has 4 radical (unpaired) electrons. The maximum absolute atomic E-state index is 4.31. The maximum atomic E-state index is 4.31. The Hall–Kier alpha value is 1.13. The van der Waals surface area contributed by atoms with Crippen molar-refractivity contribution in [3.63, 3.8) is 0 Å². The number of hydrogen-bond donors (Lipinski definition) is 0. The minimum atomic E-state index is 0. The van der Waals surface area contributed by atoms with Crippen LogP contribution in [0.2, 0.25) is 0 Å². The Morgan fingerprint density at radius 2 is 1.70 bits per heavy atom. The van der Waals surface area contributed by atoms with Crippen LogP contribution in [0.15, 0.2) is 0 Å². The minimum absolute atomic E-state index is 0. The normalized spacial score (nSPS) is 9.60. The van der Waals surface area contributed by atoms with E-state index in [9.17, 15) is 0 Å². The summed E-state index contributed by atoms with van der Waals surface area (Å²) >= 11 is 0. The van der Waals surface area contributed by atoms with E-state index in [-0.39, 0.29) is 46.7 Å². The molecule has 0 aromatic heterocycles. The molecule has 3 heteroatoms. The summed E-state index contributed by atoms with van der Waals surface area (Å²) in [4.78, 5) is 0. The zero-order valence-electron chi connectivity index (χ0n) is 7.22. The summed E-state index contributed by atoms with van der Waals surface area (Å²) in [5, 5.41) is 4.31. The van der Waals surface area contributed by atoms with Gasteiger partial charge in [-0.3, -0.25) is 0 Å². The Labute approximate surface area is 92.2 Å². The average molecular weight is 213 g/mol. The summed E-state index contributed by atoms with van der Waals surface area (Å²) in [7, 11) is 0. The Balaban J connectivity index is -0.000000245. The third-order valence-corrected chi connectivity index (χ3v) is 0.744. The fraction of sp³-hybridized carbons (Fsp3) is 0.857. The first-order valence-corrected chi connectivity index (χ1v) is 3.04. The van der Waals surface area contributed by atoms with Crippen LogP contribution in [0.25, 0.3) is 5.32 Å². The van der Waals surface area contributed by atoms with Crippen LogP contribution in [0.1, 0.15) is 27.2 Å². The van der Waals surface area contributed by atoms with Crippen LogP contribution in [-0.2, 0) is 32.7 Å². The zero-order chi connectivity index (χ0) is 6.62. The molecule has 0 aliphatic heterocycles. The van der Waals surface area contributed by atoms with Gasteiger partial charge in [-0.1, -0.05) is 20.8 Å². The van der Waals surface area contributed by atoms with E-state index in [2.05, 4.69) is 33.0 Å². The molecule has 56 valence electrons. The van der Waals surface area contributed by atoms with E-state index in [1.54, 1.807) is 0 Å². The molecule has 0 spiro atoms. The van der Waals surface area contributed by atoms with Gasteiger partial charge in [0.1, 0.15) is 0 Å². The van der Waals surface area contributed by atoms with Gasteiger partial charge >= 0.3 is 0 Å². The Kier molecular flexibility index (Phi) is 14.2. The first-order chi connectivity index (χ1) is 3.56. The molecule has 0 fully saturated rings. The summed E-state index contributed by atoms with van der Waals surface area (Å²) in [5.74, 6) is 0. The van der Waals surface area contributed by atoms with E-state index in [1.807, 2.05) is 0 Å². The third-order valence-electron chi connectivity index (χ3n) is 0.744. The van der Waals surface area contributed by atoms with Crippen LogP contribution >= 0.6 is 0 Å². The van der Waals surface area contributed by atoms with Gasteiger partial charge in [-0.2, -0.15) is 6.54 Å². The Morgan fingerprint density at radius 3 is 1.80 bits per heavy atom. The van der Waals surface area contributed by atoms with Gasteiger partial charge in [-0.05, 0) is 0 Å². The van der Waals surface area contributed by atoms with Crippen molar-refractivity contribution in [1.29, 1.82) is 0 Å². The van der Waals surface area contributed by atoms with Crippen molar-refractivity contribution in [3.8, 4) is 0 Å². The van der Waals surface area contributed by atoms with E-state index in [4.69, 9.17) is 0 Å². The van der Waals surface area contributed by atoms with Gasteiger partial charge in [0.2, 0.25) is 0 Å². The summed E-state index contributed by atoms with van der Waals surface area (Å²) in [6, 6.07) is 0. The van der Waals surface area contributed by atoms with Gasteiger partial charge in [0.25, 0.3) is 0 Å². The molecule has 0 amide bonds. The van der Waals surface area contributed by atoms with Crippen molar-refractivity contribution in [2.45, 2.75) is 32.7 Å². The molecular weight excluding hydrogens is 198 g/mol. The molecule has 0 aromatic rings. The standard InChI is InChI=1S/C7H15N.B.Y/c1-5-6-8-7(2,3)4;;/h1,5-6H2,2-4H3;;/q-2;;. The minimum Gasteiger partial charge on any atom is -0.659 e. The van der Waals surface area contributed by atoms with Crippen molar-refractivity contribution in [2.75, 3.05) is 6.54 Å². The predicted octanol–water partition coefficient (Wildman–Crippen LogP) is 2.00. The molecule has 0 aromatic carbocycles. The molecule has 0 atom stereocenters. The van der Waals surface area contributed by atoms with Gasteiger partial charge in [0.05, 0.1) is 0 Å². The van der Waals surface area contributed by atoms with Crippen molar-refractivity contribution in [3.05, 3.63) is 12.2 Å². The van der Waals surface area contributed by atoms with Crippen molar-refractivity contribution in [1.82, 2.24) is 0 Å². The molecule has 0 N–H and O–H groups in total. The molecule has 0 heterocycles. The van der Waals surface area contributed by atoms with Gasteiger partial charge in [-0.25, -0.2) is 6.42 Å². The van der Waals surface area contributed by atoms with Gasteiger partial charge < -0.3 is 12.2 Å². The molecule has 0 aliphatic rings. The van der Waals surface area contributed by atoms with E-state index in [1.165, 1.54) is 0 Å². The average Bonchev–Trinajstić information content (AvgIpc) is 1.59. The molecule has 0 unspecified atom stereocenters. The SMILES string of the molecule is [B].[CH2-]CC[N-]C(C)(C)C.[Y]. The van der Waals surface area contributed by atoms with Crippen molar-refractivity contribution in [2.24, 2.45) is 0 Å². The predicted molar refractivity (Wildman–Crippen MR) is 43.7 cm³/mol. The largest absolute Gasteiger partial charge is 0.659 e. The maximum Gasteiger partial charge on any atom is 0 e. The van der Waals surface area contributed by atoms with Crippen molar-refractivity contribution >= 4 is 8.41 Å². The van der Waals surface area contributed by atoms with Crippen LogP contribution in [0.5, 0.6) is 0 Å². The summed E-state index contributed by atoms with van der Waals surface area (Å²) in [5.41, 5.74) is 0.137. The molecule has 0 saturated heterocycles. The van der Waals surface area contributed by atoms with Crippen LogP contribution in [-0.4, -0.2) is 20.5 Å². The van der Waals surface area contributed by atoms with Crippen LogP contribution < -0.4 is 0 Å². The Bertz CT molecular complexity index is 61.1. The van der Waals surface area contributed by atoms with Crippen LogP contribution in [0, 0.1) is 6.92 Å². The molecule has 0 saturated carbocycles. The fourth-order valence-electron chi connectivity index (χ4n) is 0.414. The smallest absolute Gasteiger partial charge is 0 e. The Morgan fingerprint density at radius 1 is 1.30 bits per heavy atom. The molecular formula is C7H15BNY-2. The van der Waals surface area contributed by atoms with Crippen molar-refractivity contribution < 1.29 is 32.7 Å². The molecule has 1 nitrogen and oxygen atoms in total. The van der Waals surface area contributed by atoms with Gasteiger partial charge in [0.15, 0.2) is 0 Å².